The lowest BCUT2D eigenvalue weighted by molar-refractivity contribution is -0.119. The maximum absolute atomic E-state index is 13.6. The molecular weight excluding hydrogens is 325 g/mol. The van der Waals surface area contributed by atoms with Gasteiger partial charge >= 0.3 is 0 Å². The molecule has 0 saturated carbocycles. The average Bonchev–Trinajstić information content (AvgIpc) is 2.60. The van der Waals surface area contributed by atoms with Crippen LogP contribution in [0.1, 0.15) is 24.2 Å². The molecule has 0 unspecified atom stereocenters. The van der Waals surface area contributed by atoms with Crippen LogP contribution in [0.2, 0.25) is 0 Å². The fourth-order valence-corrected chi connectivity index (χ4v) is 4.76. The van der Waals surface area contributed by atoms with E-state index in [1.54, 1.807) is 67.6 Å². The zero-order valence-corrected chi connectivity index (χ0v) is 14.5. The molecular formula is C18H20NO4P. The summed E-state index contributed by atoms with van der Waals surface area (Å²) in [5.74, 6) is -2.15. The van der Waals surface area contributed by atoms with Gasteiger partial charge in [-0.2, -0.15) is 0 Å². The number of amides is 1. The second kappa shape index (κ2) is 8.04. The van der Waals surface area contributed by atoms with Crippen LogP contribution in [0.3, 0.4) is 0 Å². The van der Waals surface area contributed by atoms with Gasteiger partial charge in [-0.15, -0.1) is 0 Å². The van der Waals surface area contributed by atoms with Gasteiger partial charge in [-0.1, -0.05) is 48.5 Å². The standard InChI is InChI=1S/C18H20NO4P/c1-3-23-24(22,16-12-8-5-9-13-16)18(19-14(2)20)17(21)15-10-6-4-7-11-15/h4-13,18H,3H2,1-2H3,(H,19,20)/t18-,24+/m1/s1. The van der Waals surface area contributed by atoms with E-state index in [1.807, 2.05) is 0 Å². The Morgan fingerprint density at radius 2 is 1.58 bits per heavy atom. The molecule has 0 aliphatic carbocycles. The van der Waals surface area contributed by atoms with Crippen molar-refractivity contribution in [3.63, 3.8) is 0 Å². The normalized spacial score (nSPS) is 14.4. The zero-order valence-electron chi connectivity index (χ0n) is 13.6. The Labute approximate surface area is 141 Å². The van der Waals surface area contributed by atoms with Gasteiger partial charge < -0.3 is 9.84 Å². The molecule has 0 bridgehead atoms. The molecule has 1 amide bonds. The van der Waals surface area contributed by atoms with Crippen LogP contribution < -0.4 is 10.6 Å². The fourth-order valence-electron chi connectivity index (χ4n) is 2.38. The topological polar surface area (TPSA) is 72.5 Å². The minimum atomic E-state index is -3.64. The first-order valence-electron chi connectivity index (χ1n) is 7.65. The minimum Gasteiger partial charge on any atom is -0.338 e. The minimum absolute atomic E-state index is 0.157. The van der Waals surface area contributed by atoms with Crippen molar-refractivity contribution in [2.75, 3.05) is 6.61 Å². The Morgan fingerprint density at radius 3 is 2.08 bits per heavy atom. The molecule has 1 N–H and O–H groups in total. The predicted molar refractivity (Wildman–Crippen MR) is 93.7 cm³/mol. The highest BCUT2D eigenvalue weighted by atomic mass is 31.2. The van der Waals surface area contributed by atoms with Crippen molar-refractivity contribution in [3.8, 4) is 0 Å². The largest absolute Gasteiger partial charge is 0.338 e. The van der Waals surface area contributed by atoms with Gasteiger partial charge in [0.05, 0.1) is 6.61 Å². The molecule has 2 rings (SSSR count). The van der Waals surface area contributed by atoms with Gasteiger partial charge in [0.15, 0.2) is 11.6 Å². The Hall–Kier alpha value is -2.23. The first-order chi connectivity index (χ1) is 11.5. The highest BCUT2D eigenvalue weighted by Crippen LogP contribution is 2.50. The molecule has 126 valence electrons. The summed E-state index contributed by atoms with van der Waals surface area (Å²) in [6, 6.07) is 17.0. The van der Waals surface area contributed by atoms with Crippen molar-refractivity contribution < 1.29 is 18.7 Å². The molecule has 6 heteroatoms. The molecule has 0 aliphatic rings. The Kier molecular flexibility index (Phi) is 6.07. The zero-order chi connectivity index (χ0) is 17.6. The van der Waals surface area contributed by atoms with E-state index >= 15 is 0 Å². The van der Waals surface area contributed by atoms with Crippen LogP contribution in [0, 0.1) is 0 Å². The van der Waals surface area contributed by atoms with E-state index in [2.05, 4.69) is 5.32 Å². The molecule has 2 aromatic carbocycles. The summed E-state index contributed by atoms with van der Waals surface area (Å²) in [6.45, 7) is 3.14. The number of rotatable bonds is 7. The van der Waals surface area contributed by atoms with Gasteiger partial charge in [-0.25, -0.2) is 0 Å². The van der Waals surface area contributed by atoms with E-state index < -0.39 is 24.8 Å². The van der Waals surface area contributed by atoms with Gasteiger partial charge in [0.1, 0.15) is 0 Å². The van der Waals surface area contributed by atoms with Gasteiger partial charge in [0.2, 0.25) is 5.91 Å². The van der Waals surface area contributed by atoms with E-state index in [0.717, 1.165) is 0 Å². The van der Waals surface area contributed by atoms with Crippen LogP contribution >= 0.6 is 7.37 Å². The smallest absolute Gasteiger partial charge is 0.261 e. The lowest BCUT2D eigenvalue weighted by Crippen LogP contribution is -2.42. The summed E-state index contributed by atoms with van der Waals surface area (Å²) in [6.07, 6.45) is 0. The SMILES string of the molecule is CCO[P@@](=O)(c1ccccc1)[C@@H](NC(C)=O)C(=O)c1ccccc1. The second-order valence-corrected chi connectivity index (χ2v) is 7.67. The molecule has 0 aromatic heterocycles. The summed E-state index contributed by atoms with van der Waals surface area (Å²) in [5.41, 5.74) is 0.368. The quantitative estimate of drug-likeness (QED) is 0.618. The van der Waals surface area contributed by atoms with Crippen molar-refractivity contribution in [1.29, 1.82) is 0 Å². The van der Waals surface area contributed by atoms with Crippen LogP contribution in [0.15, 0.2) is 60.7 Å². The maximum atomic E-state index is 13.6. The second-order valence-electron chi connectivity index (χ2n) is 5.18. The molecule has 0 heterocycles. The van der Waals surface area contributed by atoms with Crippen molar-refractivity contribution in [3.05, 3.63) is 66.2 Å². The first kappa shape index (κ1) is 18.1. The number of nitrogens with one attached hydrogen (secondary N) is 1. The summed E-state index contributed by atoms with van der Waals surface area (Å²) >= 11 is 0. The van der Waals surface area contributed by atoms with Crippen LogP contribution in [-0.4, -0.2) is 24.1 Å². The van der Waals surface area contributed by atoms with E-state index in [1.165, 1.54) is 6.92 Å². The molecule has 0 spiro atoms. The maximum Gasteiger partial charge on any atom is 0.261 e. The number of ketones is 1. The summed E-state index contributed by atoms with van der Waals surface area (Å²) in [5, 5.41) is 2.92. The van der Waals surface area contributed by atoms with Crippen LogP contribution in [0.5, 0.6) is 0 Å². The Bertz CT molecular complexity index is 746. The number of carbonyl (C=O) groups is 2. The Balaban J connectivity index is 2.53. The number of hydrogen-bond donors (Lipinski definition) is 1. The van der Waals surface area contributed by atoms with E-state index in [-0.39, 0.29) is 6.61 Å². The predicted octanol–water partition coefficient (Wildman–Crippen LogP) is 2.97. The molecule has 0 radical (unpaired) electrons. The summed E-state index contributed by atoms with van der Waals surface area (Å²) in [4.78, 5) is 24.5. The van der Waals surface area contributed by atoms with Gasteiger partial charge in [-0.05, 0) is 19.1 Å². The fraction of sp³-hybridized carbons (Fsp3) is 0.222. The van der Waals surface area contributed by atoms with Crippen molar-refractivity contribution in [2.45, 2.75) is 19.6 Å². The molecule has 0 saturated heterocycles. The van der Waals surface area contributed by atoms with Crippen molar-refractivity contribution in [2.24, 2.45) is 0 Å². The lowest BCUT2D eigenvalue weighted by atomic mass is 10.1. The van der Waals surface area contributed by atoms with Crippen molar-refractivity contribution >= 4 is 24.4 Å². The third-order valence-electron chi connectivity index (χ3n) is 3.42. The number of carbonyl (C=O) groups excluding carboxylic acids is 2. The van der Waals surface area contributed by atoms with Crippen LogP contribution in [0.25, 0.3) is 0 Å². The van der Waals surface area contributed by atoms with Crippen LogP contribution in [0.4, 0.5) is 0 Å². The monoisotopic (exact) mass is 345 g/mol. The third-order valence-corrected chi connectivity index (χ3v) is 6.13. The van der Waals surface area contributed by atoms with Gasteiger partial charge in [-0.3, -0.25) is 14.2 Å². The molecule has 2 aromatic rings. The van der Waals surface area contributed by atoms with Gasteiger partial charge in [0.25, 0.3) is 7.37 Å². The highest BCUT2D eigenvalue weighted by molar-refractivity contribution is 7.68. The molecule has 24 heavy (non-hydrogen) atoms. The number of Topliss-reactive ketones (excluding diaryl/α,β-unsaturated/α-hetero) is 1. The highest BCUT2D eigenvalue weighted by Gasteiger charge is 2.42. The third kappa shape index (κ3) is 3.99. The summed E-state index contributed by atoms with van der Waals surface area (Å²) in [7, 11) is -3.64. The molecule has 0 aliphatic heterocycles. The van der Waals surface area contributed by atoms with Crippen molar-refractivity contribution in [1.82, 2.24) is 5.32 Å². The van der Waals surface area contributed by atoms with Gasteiger partial charge in [0, 0.05) is 17.8 Å². The molecule has 2 atom stereocenters. The van der Waals surface area contributed by atoms with E-state index in [9.17, 15) is 14.2 Å². The molecule has 5 nitrogen and oxygen atoms in total. The summed E-state index contributed by atoms with van der Waals surface area (Å²) < 4.78 is 19.1. The Morgan fingerprint density at radius 1 is 1.04 bits per heavy atom. The van der Waals surface area contributed by atoms with E-state index in [4.69, 9.17) is 4.52 Å². The number of hydrogen-bond acceptors (Lipinski definition) is 4. The molecule has 0 fully saturated rings. The average molecular weight is 345 g/mol. The lowest BCUT2D eigenvalue weighted by Gasteiger charge is -2.27. The van der Waals surface area contributed by atoms with Crippen LogP contribution in [-0.2, 0) is 13.9 Å². The number of benzene rings is 2. The van der Waals surface area contributed by atoms with E-state index in [0.29, 0.717) is 10.9 Å². The first-order valence-corrected chi connectivity index (χ1v) is 9.34.